The molecular weight excluding hydrogens is 399 g/mol. The van der Waals surface area contributed by atoms with Gasteiger partial charge in [0.15, 0.2) is 0 Å². The van der Waals surface area contributed by atoms with Crippen LogP contribution in [0.15, 0.2) is 59.1 Å². The van der Waals surface area contributed by atoms with E-state index in [1.165, 1.54) is 12.1 Å². The summed E-state index contributed by atoms with van der Waals surface area (Å²) in [6.07, 6.45) is 2.70. The van der Waals surface area contributed by atoms with Crippen LogP contribution < -0.4 is 4.74 Å². The summed E-state index contributed by atoms with van der Waals surface area (Å²) in [5.74, 6) is 0.628. The largest absolute Gasteiger partial charge is 0.491 e. The van der Waals surface area contributed by atoms with Gasteiger partial charge in [0.25, 0.3) is 0 Å². The first kappa shape index (κ1) is 20.5. The summed E-state index contributed by atoms with van der Waals surface area (Å²) in [5, 5.41) is 9.85. The minimum atomic E-state index is -0.833. The molecule has 4 rings (SSSR count). The van der Waals surface area contributed by atoms with Crippen LogP contribution in [0.2, 0.25) is 0 Å². The number of hydrogen-bond donors (Lipinski definition) is 1. The normalized spacial score (nSPS) is 11.0. The first-order valence-corrected chi connectivity index (χ1v) is 9.94. The van der Waals surface area contributed by atoms with Crippen molar-refractivity contribution in [3.63, 3.8) is 0 Å². The zero-order valence-electron chi connectivity index (χ0n) is 17.0. The molecule has 1 N–H and O–H groups in total. The molecule has 0 bridgehead atoms. The average molecular weight is 420 g/mol. The zero-order chi connectivity index (χ0) is 21.8. The number of hydrogen-bond acceptors (Lipinski definition) is 5. The third-order valence-electron chi connectivity index (χ3n) is 5.01. The minimum absolute atomic E-state index is 0.0615. The van der Waals surface area contributed by atoms with Crippen molar-refractivity contribution in [2.75, 3.05) is 6.61 Å². The van der Waals surface area contributed by atoms with Crippen molar-refractivity contribution in [3.05, 3.63) is 77.6 Å². The number of aromatic nitrogens is 2. The summed E-state index contributed by atoms with van der Waals surface area (Å²) >= 11 is 0. The van der Waals surface area contributed by atoms with Crippen molar-refractivity contribution in [2.24, 2.45) is 0 Å². The van der Waals surface area contributed by atoms with Crippen LogP contribution in [0.1, 0.15) is 23.4 Å². The number of nitrogens with zero attached hydrogens (tertiary/aromatic N) is 2. The van der Waals surface area contributed by atoms with Gasteiger partial charge in [-0.1, -0.05) is 12.1 Å². The Hall–Kier alpha value is -3.74. The molecule has 0 aliphatic rings. The number of benzene rings is 2. The lowest BCUT2D eigenvalue weighted by molar-refractivity contribution is -0.136. The molecule has 4 aromatic rings. The van der Waals surface area contributed by atoms with Crippen LogP contribution >= 0.6 is 0 Å². The highest BCUT2D eigenvalue weighted by molar-refractivity contribution is 5.87. The molecule has 0 radical (unpaired) electrons. The fraction of sp³-hybridized carbons (Fsp3) is 0.208. The summed E-state index contributed by atoms with van der Waals surface area (Å²) in [6, 6.07) is 13.5. The minimum Gasteiger partial charge on any atom is -0.491 e. The average Bonchev–Trinajstić information content (AvgIpc) is 3.13. The van der Waals surface area contributed by atoms with Gasteiger partial charge in [-0.3, -0.25) is 9.78 Å². The number of pyridine rings is 1. The molecule has 0 atom stereocenters. The van der Waals surface area contributed by atoms with Crippen LogP contribution in [0.5, 0.6) is 5.75 Å². The monoisotopic (exact) mass is 420 g/mol. The topological polar surface area (TPSA) is 85.5 Å². The maximum Gasteiger partial charge on any atom is 0.303 e. The van der Waals surface area contributed by atoms with Gasteiger partial charge in [0.1, 0.15) is 22.8 Å². The number of aryl methyl sites for hydroxylation is 2. The molecule has 0 spiro atoms. The van der Waals surface area contributed by atoms with E-state index in [1.54, 1.807) is 18.3 Å². The maximum absolute atomic E-state index is 13.1. The lowest BCUT2D eigenvalue weighted by Gasteiger charge is -2.10. The second-order valence-corrected chi connectivity index (χ2v) is 7.14. The number of carboxylic acids is 1. The molecule has 7 heteroatoms. The number of carbonyl (C=O) groups is 1. The van der Waals surface area contributed by atoms with Gasteiger partial charge < -0.3 is 14.3 Å². The quantitative estimate of drug-likeness (QED) is 0.433. The standard InChI is InChI=1S/C24H21FN2O4/c1-15-20(27-24(31-15)17-5-8-18(25)9-6-17)12-14-30-21-4-2-3-19-16(7-10-22(28)29)11-13-26-23(19)21/h2-6,8-9,11,13H,7,10,12,14H2,1H3,(H,28,29). The molecule has 158 valence electrons. The van der Waals surface area contributed by atoms with E-state index in [9.17, 15) is 9.18 Å². The van der Waals surface area contributed by atoms with Crippen LogP contribution in [0, 0.1) is 12.7 Å². The van der Waals surface area contributed by atoms with Crippen molar-refractivity contribution in [1.82, 2.24) is 9.97 Å². The molecule has 0 amide bonds. The third-order valence-corrected chi connectivity index (χ3v) is 5.01. The first-order chi connectivity index (χ1) is 15.0. The Morgan fingerprint density at radius 3 is 2.71 bits per heavy atom. The molecule has 0 saturated heterocycles. The number of para-hydroxylation sites is 1. The highest BCUT2D eigenvalue weighted by Crippen LogP contribution is 2.27. The molecule has 0 aliphatic heterocycles. The number of ether oxygens (including phenoxy) is 1. The molecule has 0 saturated carbocycles. The molecule has 0 aliphatic carbocycles. The fourth-order valence-electron chi connectivity index (χ4n) is 3.42. The van der Waals surface area contributed by atoms with Gasteiger partial charge in [-0.25, -0.2) is 9.37 Å². The van der Waals surface area contributed by atoms with Crippen LogP contribution in [0.25, 0.3) is 22.4 Å². The van der Waals surface area contributed by atoms with E-state index in [0.717, 1.165) is 16.6 Å². The Labute approximate surface area is 178 Å². The number of carboxylic acid groups (broad SMARTS) is 1. The molecule has 2 heterocycles. The summed E-state index contributed by atoms with van der Waals surface area (Å²) in [7, 11) is 0. The second kappa shape index (κ2) is 8.95. The van der Waals surface area contributed by atoms with E-state index in [0.29, 0.717) is 47.9 Å². The lowest BCUT2D eigenvalue weighted by atomic mass is 10.0. The second-order valence-electron chi connectivity index (χ2n) is 7.14. The number of oxazole rings is 1. The van der Waals surface area contributed by atoms with Crippen LogP contribution in [0.4, 0.5) is 4.39 Å². The van der Waals surface area contributed by atoms with Crippen LogP contribution in [-0.2, 0) is 17.6 Å². The van der Waals surface area contributed by atoms with Gasteiger partial charge in [-0.15, -0.1) is 0 Å². The van der Waals surface area contributed by atoms with Crippen molar-refractivity contribution in [3.8, 4) is 17.2 Å². The summed E-state index contributed by atoms with van der Waals surface area (Å²) in [4.78, 5) is 19.9. The molecule has 0 unspecified atom stereocenters. The number of aliphatic carboxylic acids is 1. The zero-order valence-corrected chi connectivity index (χ0v) is 17.0. The predicted octanol–water partition coefficient (Wildman–Crippen LogP) is 4.98. The molecule has 6 nitrogen and oxygen atoms in total. The lowest BCUT2D eigenvalue weighted by Crippen LogP contribution is -2.04. The van der Waals surface area contributed by atoms with E-state index >= 15 is 0 Å². The summed E-state index contributed by atoms with van der Waals surface area (Å²) < 4.78 is 24.8. The van der Waals surface area contributed by atoms with Crippen LogP contribution in [-0.4, -0.2) is 27.7 Å². The number of fused-ring (bicyclic) bond motifs is 1. The van der Waals surface area contributed by atoms with Gasteiger partial charge in [0, 0.05) is 30.0 Å². The van der Waals surface area contributed by atoms with Gasteiger partial charge >= 0.3 is 5.97 Å². The molecule has 2 aromatic heterocycles. The SMILES string of the molecule is Cc1oc(-c2ccc(F)cc2)nc1CCOc1cccc2c(CCC(=O)O)ccnc12. The van der Waals surface area contributed by atoms with Gasteiger partial charge in [-0.05, 0) is 55.3 Å². The third kappa shape index (κ3) is 4.71. The van der Waals surface area contributed by atoms with E-state index in [1.807, 2.05) is 31.2 Å². The fourth-order valence-corrected chi connectivity index (χ4v) is 3.42. The Morgan fingerprint density at radius 1 is 1.13 bits per heavy atom. The highest BCUT2D eigenvalue weighted by atomic mass is 19.1. The van der Waals surface area contributed by atoms with E-state index in [4.69, 9.17) is 14.3 Å². The van der Waals surface area contributed by atoms with Crippen molar-refractivity contribution < 1.29 is 23.4 Å². The molecule has 2 aromatic carbocycles. The van der Waals surface area contributed by atoms with Crippen molar-refractivity contribution in [1.29, 1.82) is 0 Å². The van der Waals surface area contributed by atoms with Crippen molar-refractivity contribution in [2.45, 2.75) is 26.2 Å². The molecular formula is C24H21FN2O4. The number of rotatable bonds is 8. The van der Waals surface area contributed by atoms with Gasteiger partial charge in [0.05, 0.1) is 12.3 Å². The highest BCUT2D eigenvalue weighted by Gasteiger charge is 2.13. The first-order valence-electron chi connectivity index (χ1n) is 9.94. The van der Waals surface area contributed by atoms with Gasteiger partial charge in [-0.2, -0.15) is 0 Å². The van der Waals surface area contributed by atoms with Crippen LogP contribution in [0.3, 0.4) is 0 Å². The van der Waals surface area contributed by atoms with E-state index < -0.39 is 5.97 Å². The summed E-state index contributed by atoms with van der Waals surface area (Å²) in [5.41, 5.74) is 3.11. The predicted molar refractivity (Wildman–Crippen MR) is 114 cm³/mol. The smallest absolute Gasteiger partial charge is 0.303 e. The summed E-state index contributed by atoms with van der Waals surface area (Å²) in [6.45, 7) is 2.21. The maximum atomic E-state index is 13.1. The molecule has 0 fully saturated rings. The van der Waals surface area contributed by atoms with Gasteiger partial charge in [0.2, 0.25) is 5.89 Å². The molecule has 31 heavy (non-hydrogen) atoms. The Balaban J connectivity index is 1.47. The Morgan fingerprint density at radius 2 is 1.94 bits per heavy atom. The van der Waals surface area contributed by atoms with E-state index in [2.05, 4.69) is 9.97 Å². The Bertz CT molecular complexity index is 1220. The Kier molecular flexibility index (Phi) is 5.93. The number of halogens is 1. The van der Waals surface area contributed by atoms with E-state index in [-0.39, 0.29) is 12.2 Å². The van der Waals surface area contributed by atoms with Crippen molar-refractivity contribution >= 4 is 16.9 Å².